The molecule has 20 heavy (non-hydrogen) atoms. The Bertz CT molecular complexity index is 478. The Kier molecular flexibility index (Phi) is 4.06. The second-order valence-electron chi connectivity index (χ2n) is 6.23. The summed E-state index contributed by atoms with van der Waals surface area (Å²) in [6.07, 6.45) is 5.40. The zero-order chi connectivity index (χ0) is 13.9. The molecule has 1 aromatic carbocycles. The van der Waals surface area contributed by atoms with Gasteiger partial charge in [0.1, 0.15) is 0 Å². The van der Waals surface area contributed by atoms with E-state index in [1.807, 2.05) is 0 Å². The third kappa shape index (κ3) is 2.88. The molecule has 1 aliphatic carbocycles. The minimum atomic E-state index is 0.209. The van der Waals surface area contributed by atoms with Gasteiger partial charge in [0.2, 0.25) is 5.91 Å². The van der Waals surface area contributed by atoms with Crippen molar-refractivity contribution in [3.63, 3.8) is 0 Å². The van der Waals surface area contributed by atoms with Crippen LogP contribution >= 0.6 is 0 Å². The van der Waals surface area contributed by atoms with Gasteiger partial charge in [-0.15, -0.1) is 0 Å². The van der Waals surface area contributed by atoms with Crippen LogP contribution in [0.2, 0.25) is 0 Å². The smallest absolute Gasteiger partial charge is 0.223 e. The molecule has 1 atom stereocenters. The van der Waals surface area contributed by atoms with E-state index in [0.29, 0.717) is 0 Å². The van der Waals surface area contributed by atoms with Crippen LogP contribution in [0.3, 0.4) is 0 Å². The van der Waals surface area contributed by atoms with Crippen LogP contribution in [0.4, 0.5) is 0 Å². The number of rotatable bonds is 2. The summed E-state index contributed by atoms with van der Waals surface area (Å²) < 4.78 is 0. The van der Waals surface area contributed by atoms with Gasteiger partial charge in [0.05, 0.1) is 6.04 Å². The van der Waals surface area contributed by atoms with E-state index in [4.69, 9.17) is 0 Å². The third-order valence-electron chi connectivity index (χ3n) is 4.78. The lowest BCUT2D eigenvalue weighted by atomic mass is 9.87. The molecular formula is C17H24N2O. The van der Waals surface area contributed by atoms with Crippen LogP contribution in [0, 0.1) is 5.92 Å². The Hall–Kier alpha value is -1.35. The fraction of sp³-hybridized carbons (Fsp3) is 0.588. The number of amides is 1. The number of benzene rings is 1. The van der Waals surface area contributed by atoms with Crippen LogP contribution in [0.1, 0.15) is 42.9 Å². The summed E-state index contributed by atoms with van der Waals surface area (Å²) in [5, 5.41) is 3.30. The molecule has 0 radical (unpaired) electrons. The Balaban J connectivity index is 1.65. The normalized spacial score (nSPS) is 24.1. The molecule has 1 aromatic rings. The quantitative estimate of drug-likeness (QED) is 0.897. The number of hydrogen-bond acceptors (Lipinski definition) is 2. The minimum absolute atomic E-state index is 0.209. The number of piperidine rings is 1. The summed E-state index contributed by atoms with van der Waals surface area (Å²) in [6.45, 7) is 2.08. The van der Waals surface area contributed by atoms with E-state index in [-0.39, 0.29) is 17.9 Å². The van der Waals surface area contributed by atoms with Crippen LogP contribution in [-0.2, 0) is 11.2 Å². The first-order valence-corrected chi connectivity index (χ1v) is 7.81. The molecular weight excluding hydrogens is 248 g/mol. The molecule has 1 heterocycles. The summed E-state index contributed by atoms with van der Waals surface area (Å²) >= 11 is 0. The largest absolute Gasteiger partial charge is 0.349 e. The molecule has 1 fully saturated rings. The molecule has 3 rings (SSSR count). The van der Waals surface area contributed by atoms with Gasteiger partial charge in [-0.05, 0) is 63.4 Å². The standard InChI is InChI=1S/C17H24N2O/c1-19-11-9-14(10-12-19)17(20)18-16-8-4-6-13-5-2-3-7-15(13)16/h2-3,5,7,14,16H,4,6,8-12H2,1H3,(H,18,20)/t16-/m1/s1. The van der Waals surface area contributed by atoms with Crippen molar-refractivity contribution >= 4 is 5.91 Å². The topological polar surface area (TPSA) is 32.3 Å². The van der Waals surface area contributed by atoms with E-state index in [1.54, 1.807) is 0 Å². The predicted molar refractivity (Wildman–Crippen MR) is 80.5 cm³/mol. The summed E-state index contributed by atoms with van der Waals surface area (Å²) in [7, 11) is 2.13. The number of aryl methyl sites for hydroxylation is 1. The highest BCUT2D eigenvalue weighted by Crippen LogP contribution is 2.30. The zero-order valence-electron chi connectivity index (χ0n) is 12.3. The average molecular weight is 272 g/mol. The summed E-state index contributed by atoms with van der Waals surface area (Å²) in [5.74, 6) is 0.472. The molecule has 0 bridgehead atoms. The molecule has 0 aromatic heterocycles. The number of likely N-dealkylation sites (tertiary alicyclic amines) is 1. The molecule has 0 spiro atoms. The van der Waals surface area contributed by atoms with Gasteiger partial charge in [-0.25, -0.2) is 0 Å². The first-order chi connectivity index (χ1) is 9.74. The van der Waals surface area contributed by atoms with Gasteiger partial charge in [0.25, 0.3) is 0 Å². The van der Waals surface area contributed by atoms with Gasteiger partial charge < -0.3 is 10.2 Å². The van der Waals surface area contributed by atoms with Gasteiger partial charge >= 0.3 is 0 Å². The molecule has 1 amide bonds. The van der Waals surface area contributed by atoms with E-state index in [1.165, 1.54) is 17.5 Å². The van der Waals surface area contributed by atoms with Crippen molar-refractivity contribution in [1.29, 1.82) is 0 Å². The van der Waals surface area contributed by atoms with Crippen molar-refractivity contribution < 1.29 is 4.79 Å². The van der Waals surface area contributed by atoms with Gasteiger partial charge in [-0.3, -0.25) is 4.79 Å². The molecule has 0 saturated carbocycles. The Morgan fingerprint density at radius 1 is 1.20 bits per heavy atom. The SMILES string of the molecule is CN1CCC(C(=O)N[C@@H]2CCCc3ccccc32)CC1. The Labute approximate surface area is 121 Å². The molecule has 3 heteroatoms. The van der Waals surface area contributed by atoms with Crippen molar-refractivity contribution in [1.82, 2.24) is 10.2 Å². The van der Waals surface area contributed by atoms with E-state index in [0.717, 1.165) is 38.8 Å². The highest BCUT2D eigenvalue weighted by atomic mass is 16.1. The number of fused-ring (bicyclic) bond motifs is 1. The van der Waals surface area contributed by atoms with Crippen LogP contribution in [0.25, 0.3) is 0 Å². The monoisotopic (exact) mass is 272 g/mol. The second kappa shape index (κ2) is 5.96. The Morgan fingerprint density at radius 3 is 2.75 bits per heavy atom. The summed E-state index contributed by atoms with van der Waals surface area (Å²) in [5.41, 5.74) is 2.74. The highest BCUT2D eigenvalue weighted by Gasteiger charge is 2.27. The van der Waals surface area contributed by atoms with Gasteiger partial charge in [0, 0.05) is 5.92 Å². The highest BCUT2D eigenvalue weighted by molar-refractivity contribution is 5.79. The van der Waals surface area contributed by atoms with E-state index >= 15 is 0 Å². The van der Waals surface area contributed by atoms with Crippen LogP contribution < -0.4 is 5.32 Å². The fourth-order valence-electron chi connectivity index (χ4n) is 3.46. The average Bonchev–Trinajstić information content (AvgIpc) is 2.48. The molecule has 1 saturated heterocycles. The lowest BCUT2D eigenvalue weighted by Crippen LogP contribution is -2.40. The molecule has 1 N–H and O–H groups in total. The van der Waals surface area contributed by atoms with E-state index < -0.39 is 0 Å². The maximum atomic E-state index is 12.5. The van der Waals surface area contributed by atoms with E-state index in [2.05, 4.69) is 41.5 Å². The third-order valence-corrected chi connectivity index (χ3v) is 4.78. The number of carbonyl (C=O) groups is 1. The number of nitrogens with one attached hydrogen (secondary N) is 1. The van der Waals surface area contributed by atoms with Crippen molar-refractivity contribution in [2.45, 2.75) is 38.1 Å². The number of hydrogen-bond donors (Lipinski definition) is 1. The number of nitrogens with zero attached hydrogens (tertiary/aromatic N) is 1. The van der Waals surface area contributed by atoms with Crippen molar-refractivity contribution in [2.75, 3.05) is 20.1 Å². The second-order valence-corrected chi connectivity index (χ2v) is 6.23. The molecule has 2 aliphatic rings. The number of carbonyl (C=O) groups excluding carboxylic acids is 1. The van der Waals surface area contributed by atoms with Crippen molar-refractivity contribution in [2.24, 2.45) is 5.92 Å². The van der Waals surface area contributed by atoms with Crippen molar-refractivity contribution in [3.05, 3.63) is 35.4 Å². The molecule has 108 valence electrons. The maximum Gasteiger partial charge on any atom is 0.223 e. The summed E-state index contributed by atoms with van der Waals surface area (Å²) in [6, 6.07) is 8.78. The predicted octanol–water partition coefficient (Wildman–Crippen LogP) is 2.52. The first-order valence-electron chi connectivity index (χ1n) is 7.81. The van der Waals surface area contributed by atoms with Gasteiger partial charge in [-0.2, -0.15) is 0 Å². The van der Waals surface area contributed by atoms with Crippen molar-refractivity contribution in [3.8, 4) is 0 Å². The van der Waals surface area contributed by atoms with Gasteiger partial charge in [-0.1, -0.05) is 24.3 Å². The molecule has 1 aliphatic heterocycles. The van der Waals surface area contributed by atoms with Crippen LogP contribution in [0.15, 0.2) is 24.3 Å². The lowest BCUT2D eigenvalue weighted by molar-refractivity contribution is -0.127. The van der Waals surface area contributed by atoms with Gasteiger partial charge in [0.15, 0.2) is 0 Å². The molecule has 3 nitrogen and oxygen atoms in total. The first kappa shape index (κ1) is 13.6. The zero-order valence-corrected chi connectivity index (χ0v) is 12.3. The van der Waals surface area contributed by atoms with Crippen LogP contribution in [-0.4, -0.2) is 30.9 Å². The lowest BCUT2D eigenvalue weighted by Gasteiger charge is -2.31. The minimum Gasteiger partial charge on any atom is -0.349 e. The fourth-order valence-corrected chi connectivity index (χ4v) is 3.46. The maximum absolute atomic E-state index is 12.5. The van der Waals surface area contributed by atoms with Crippen LogP contribution in [0.5, 0.6) is 0 Å². The van der Waals surface area contributed by atoms with E-state index in [9.17, 15) is 4.79 Å². The summed E-state index contributed by atoms with van der Waals surface area (Å²) in [4.78, 5) is 14.8. The Morgan fingerprint density at radius 2 is 1.95 bits per heavy atom. The molecule has 0 unspecified atom stereocenters.